The fraction of sp³-hybridized carbons (Fsp3) is 0.538. The van der Waals surface area contributed by atoms with Gasteiger partial charge in [0.05, 0.1) is 0 Å². The molecule has 2 N–H and O–H groups in total. The van der Waals surface area contributed by atoms with Gasteiger partial charge in [0.1, 0.15) is 5.60 Å². The van der Waals surface area contributed by atoms with Crippen molar-refractivity contribution >= 4 is 13.5 Å². The molecule has 1 fully saturated rings. The minimum atomic E-state index is -0.604. The van der Waals surface area contributed by atoms with Crippen molar-refractivity contribution in [3.63, 3.8) is 0 Å². The molecule has 1 aliphatic heterocycles. The highest BCUT2D eigenvalue weighted by molar-refractivity contribution is 7.59. The lowest BCUT2D eigenvalue weighted by atomic mass is 9.87. The van der Waals surface area contributed by atoms with Gasteiger partial charge in [-0.1, -0.05) is 24.3 Å². The van der Waals surface area contributed by atoms with Gasteiger partial charge >= 0.3 is 0 Å². The molecule has 0 spiro atoms. The van der Waals surface area contributed by atoms with Crippen LogP contribution in [0, 0.1) is 0 Å². The second kappa shape index (κ2) is 4.40. The van der Waals surface area contributed by atoms with Crippen LogP contribution in [-0.4, -0.2) is 17.7 Å². The predicted octanol–water partition coefficient (Wildman–Crippen LogP) is 1.69. The van der Waals surface area contributed by atoms with Crippen molar-refractivity contribution < 1.29 is 5.11 Å². The Morgan fingerprint density at radius 3 is 2.88 bits per heavy atom. The van der Waals surface area contributed by atoms with Crippen LogP contribution in [0.25, 0.3) is 0 Å². The van der Waals surface area contributed by atoms with Crippen LogP contribution in [0.15, 0.2) is 24.3 Å². The third-order valence-corrected chi connectivity index (χ3v) is 3.90. The molecule has 2 nitrogen and oxygen atoms in total. The molecule has 0 aromatic heterocycles. The molecule has 1 heterocycles. The molecule has 1 unspecified atom stereocenters. The van der Waals surface area contributed by atoms with E-state index >= 15 is 0 Å². The van der Waals surface area contributed by atoms with E-state index < -0.39 is 5.60 Å². The number of aliphatic hydroxyl groups is 1. The zero-order valence-corrected chi connectivity index (χ0v) is 10.4. The lowest BCUT2D eigenvalue weighted by Crippen LogP contribution is -2.43. The Morgan fingerprint density at radius 1 is 1.31 bits per heavy atom. The van der Waals surface area contributed by atoms with E-state index in [1.807, 2.05) is 6.07 Å². The zero-order chi connectivity index (χ0) is 10.3. The minimum Gasteiger partial charge on any atom is -0.384 e. The molecular formula is C13H19NOS. The summed E-state index contributed by atoms with van der Waals surface area (Å²) in [6.07, 6.45) is 4.19. The number of benzene rings is 1. The van der Waals surface area contributed by atoms with E-state index in [4.69, 9.17) is 0 Å². The number of nitrogens with one attached hydrogen (secondary N) is 1. The number of hydrogen-bond acceptors (Lipinski definition) is 2. The molecule has 1 aromatic carbocycles. The first-order chi connectivity index (χ1) is 7.31. The lowest BCUT2D eigenvalue weighted by Gasteiger charge is -2.31. The molecule has 3 heteroatoms. The smallest absolute Gasteiger partial charge is 0.105 e. The third kappa shape index (κ3) is 1.67. The topological polar surface area (TPSA) is 32.3 Å². The standard InChI is InChI=1S/C13H17NO.H2S/c15-13(12-6-3-9-14-12)8-7-10-4-1-2-5-11(10)13;/h1-2,4-5,12,14-15H,3,6-9H2;1H2/t12-,13?;/m0./s1. The Kier molecular flexibility index (Phi) is 3.29. The molecule has 0 radical (unpaired) electrons. The highest BCUT2D eigenvalue weighted by atomic mass is 32.1. The van der Waals surface area contributed by atoms with Crippen molar-refractivity contribution in [1.82, 2.24) is 5.32 Å². The fourth-order valence-electron chi connectivity index (χ4n) is 3.07. The van der Waals surface area contributed by atoms with E-state index in [0.29, 0.717) is 0 Å². The molecule has 0 amide bonds. The molecule has 88 valence electrons. The Morgan fingerprint density at radius 2 is 2.12 bits per heavy atom. The van der Waals surface area contributed by atoms with Crippen molar-refractivity contribution in [3.8, 4) is 0 Å². The fourth-order valence-corrected chi connectivity index (χ4v) is 3.07. The molecule has 1 aliphatic carbocycles. The van der Waals surface area contributed by atoms with Crippen LogP contribution in [0.1, 0.15) is 30.4 Å². The summed E-state index contributed by atoms with van der Waals surface area (Å²) in [5, 5.41) is 14.2. The summed E-state index contributed by atoms with van der Waals surface area (Å²) < 4.78 is 0. The maximum atomic E-state index is 10.8. The maximum Gasteiger partial charge on any atom is 0.105 e. The van der Waals surface area contributed by atoms with Crippen LogP contribution in [0.4, 0.5) is 0 Å². The Balaban J connectivity index is 0.000000963. The summed E-state index contributed by atoms with van der Waals surface area (Å²) in [6.45, 7) is 1.05. The van der Waals surface area contributed by atoms with Gasteiger partial charge in [-0.25, -0.2) is 0 Å². The summed E-state index contributed by atoms with van der Waals surface area (Å²) in [6, 6.07) is 8.59. The van der Waals surface area contributed by atoms with Crippen LogP contribution in [0.2, 0.25) is 0 Å². The second-order valence-electron chi connectivity index (χ2n) is 4.73. The molecule has 3 rings (SSSR count). The molecule has 0 saturated carbocycles. The summed E-state index contributed by atoms with van der Waals surface area (Å²) in [4.78, 5) is 0. The van der Waals surface area contributed by atoms with Gasteiger partial charge in [0, 0.05) is 6.04 Å². The van der Waals surface area contributed by atoms with Gasteiger partial charge < -0.3 is 10.4 Å². The van der Waals surface area contributed by atoms with Gasteiger partial charge in [-0.2, -0.15) is 13.5 Å². The van der Waals surface area contributed by atoms with E-state index in [1.54, 1.807) is 0 Å². The van der Waals surface area contributed by atoms with Crippen LogP contribution < -0.4 is 5.32 Å². The maximum absolute atomic E-state index is 10.8. The molecule has 1 aromatic rings. The molecule has 0 bridgehead atoms. The Hall–Kier alpha value is -0.510. The van der Waals surface area contributed by atoms with Gasteiger partial charge in [0.15, 0.2) is 0 Å². The van der Waals surface area contributed by atoms with Crippen LogP contribution in [0.3, 0.4) is 0 Å². The van der Waals surface area contributed by atoms with Crippen LogP contribution in [-0.2, 0) is 12.0 Å². The molecule has 2 aliphatic rings. The summed E-state index contributed by atoms with van der Waals surface area (Å²) in [7, 11) is 0. The van der Waals surface area contributed by atoms with Crippen molar-refractivity contribution in [1.29, 1.82) is 0 Å². The molecule has 16 heavy (non-hydrogen) atoms. The largest absolute Gasteiger partial charge is 0.384 e. The quantitative estimate of drug-likeness (QED) is 0.779. The second-order valence-corrected chi connectivity index (χ2v) is 4.73. The molecule has 2 atom stereocenters. The van der Waals surface area contributed by atoms with Gasteiger partial charge in [-0.05, 0) is 43.4 Å². The van der Waals surface area contributed by atoms with Gasteiger partial charge in [-0.3, -0.25) is 0 Å². The molecule has 1 saturated heterocycles. The van der Waals surface area contributed by atoms with Gasteiger partial charge in [0.2, 0.25) is 0 Å². The van der Waals surface area contributed by atoms with E-state index in [0.717, 1.165) is 31.4 Å². The Labute approximate surface area is 104 Å². The van der Waals surface area contributed by atoms with Crippen molar-refractivity contribution in [2.45, 2.75) is 37.3 Å². The third-order valence-electron chi connectivity index (χ3n) is 3.90. The predicted molar refractivity (Wildman–Crippen MR) is 70.1 cm³/mol. The van der Waals surface area contributed by atoms with Gasteiger partial charge in [0.25, 0.3) is 0 Å². The summed E-state index contributed by atoms with van der Waals surface area (Å²) >= 11 is 0. The van der Waals surface area contributed by atoms with E-state index in [-0.39, 0.29) is 19.5 Å². The number of hydrogen-bond donors (Lipinski definition) is 2. The van der Waals surface area contributed by atoms with Gasteiger partial charge in [-0.15, -0.1) is 0 Å². The van der Waals surface area contributed by atoms with Crippen molar-refractivity contribution in [3.05, 3.63) is 35.4 Å². The lowest BCUT2D eigenvalue weighted by molar-refractivity contribution is 0.00461. The minimum absolute atomic E-state index is 0. The highest BCUT2D eigenvalue weighted by Crippen LogP contribution is 2.41. The Bertz CT molecular complexity index is 376. The first kappa shape index (κ1) is 12.0. The average molecular weight is 237 g/mol. The first-order valence-electron chi connectivity index (χ1n) is 5.85. The number of rotatable bonds is 1. The summed E-state index contributed by atoms with van der Waals surface area (Å²) in [5.74, 6) is 0. The van der Waals surface area contributed by atoms with Crippen molar-refractivity contribution in [2.24, 2.45) is 0 Å². The van der Waals surface area contributed by atoms with E-state index in [2.05, 4.69) is 23.5 Å². The monoisotopic (exact) mass is 237 g/mol. The highest BCUT2D eigenvalue weighted by Gasteiger charge is 2.44. The average Bonchev–Trinajstić information content (AvgIpc) is 2.88. The van der Waals surface area contributed by atoms with Crippen LogP contribution >= 0.6 is 13.5 Å². The normalized spacial score (nSPS) is 32.2. The molecular weight excluding hydrogens is 218 g/mol. The van der Waals surface area contributed by atoms with Crippen molar-refractivity contribution in [2.75, 3.05) is 6.54 Å². The zero-order valence-electron chi connectivity index (χ0n) is 9.37. The van der Waals surface area contributed by atoms with Crippen LogP contribution in [0.5, 0.6) is 0 Å². The van der Waals surface area contributed by atoms with E-state index in [9.17, 15) is 5.11 Å². The first-order valence-corrected chi connectivity index (χ1v) is 5.85. The number of fused-ring (bicyclic) bond motifs is 1. The van der Waals surface area contributed by atoms with E-state index in [1.165, 1.54) is 12.0 Å². The number of aryl methyl sites for hydroxylation is 1. The SMILES string of the molecule is OC1([C@@H]2CCCN2)CCc2ccccc21.S. The summed E-state index contributed by atoms with van der Waals surface area (Å²) in [5.41, 5.74) is 1.88.